The van der Waals surface area contributed by atoms with Crippen LogP contribution in [0.25, 0.3) is 16.7 Å². The van der Waals surface area contributed by atoms with Crippen LogP contribution in [0.4, 0.5) is 11.5 Å². The molecule has 10 heteroatoms. The summed E-state index contributed by atoms with van der Waals surface area (Å²) in [6.45, 7) is 0.513. The predicted octanol–water partition coefficient (Wildman–Crippen LogP) is 2.67. The van der Waals surface area contributed by atoms with Crippen LogP contribution in [-0.2, 0) is 4.79 Å². The third-order valence-electron chi connectivity index (χ3n) is 5.56. The van der Waals surface area contributed by atoms with Gasteiger partial charge in [-0.05, 0) is 18.6 Å². The molecule has 3 N–H and O–H groups in total. The van der Waals surface area contributed by atoms with Crippen LogP contribution >= 0.6 is 0 Å². The lowest BCUT2D eigenvalue weighted by Crippen LogP contribution is -2.37. The Kier molecular flexibility index (Phi) is 6.86. The van der Waals surface area contributed by atoms with Crippen LogP contribution in [0.1, 0.15) is 18.5 Å². The fourth-order valence-corrected chi connectivity index (χ4v) is 3.84. The first-order valence-electron chi connectivity index (χ1n) is 10.9. The Hall–Kier alpha value is -4.21. The molecule has 0 spiro atoms. The number of amides is 1. The highest BCUT2D eigenvalue weighted by molar-refractivity contribution is 6.07. The van der Waals surface area contributed by atoms with Gasteiger partial charge in [-0.2, -0.15) is 0 Å². The minimum absolute atomic E-state index is 0.0253. The minimum atomic E-state index is -0.0253. The first-order chi connectivity index (χ1) is 16.5. The molecule has 1 unspecified atom stereocenters. The summed E-state index contributed by atoms with van der Waals surface area (Å²) < 4.78 is 10.9. The molecule has 10 nitrogen and oxygen atoms in total. The minimum Gasteiger partial charge on any atom is -0.497 e. The van der Waals surface area contributed by atoms with Gasteiger partial charge in [0.15, 0.2) is 5.65 Å². The number of allylic oxidation sites excluding steroid dienone is 1. The topological polar surface area (TPSA) is 125 Å². The molecule has 1 aliphatic heterocycles. The van der Waals surface area contributed by atoms with Crippen LogP contribution in [0.3, 0.4) is 0 Å². The molecular formula is C24H27N7O3. The van der Waals surface area contributed by atoms with Crippen LogP contribution in [0.2, 0.25) is 0 Å². The molecule has 1 atom stereocenters. The van der Waals surface area contributed by atoms with Crippen molar-refractivity contribution in [2.24, 2.45) is 0 Å². The summed E-state index contributed by atoms with van der Waals surface area (Å²) in [7, 11) is 4.96. The number of ether oxygens (including phenoxy) is 2. The van der Waals surface area contributed by atoms with Crippen molar-refractivity contribution in [2.75, 3.05) is 32.7 Å². The van der Waals surface area contributed by atoms with Crippen molar-refractivity contribution in [1.82, 2.24) is 25.6 Å². The Morgan fingerprint density at radius 2 is 2.00 bits per heavy atom. The van der Waals surface area contributed by atoms with Gasteiger partial charge in [0.05, 0.1) is 26.1 Å². The van der Waals surface area contributed by atoms with Crippen molar-refractivity contribution in [3.63, 3.8) is 0 Å². The van der Waals surface area contributed by atoms with E-state index < -0.39 is 0 Å². The molecule has 0 bridgehead atoms. The number of benzene rings is 1. The largest absolute Gasteiger partial charge is 0.497 e. The van der Waals surface area contributed by atoms with E-state index in [9.17, 15) is 4.79 Å². The predicted molar refractivity (Wildman–Crippen MR) is 131 cm³/mol. The third-order valence-corrected chi connectivity index (χ3v) is 5.56. The molecule has 2 aromatic heterocycles. The summed E-state index contributed by atoms with van der Waals surface area (Å²) >= 11 is 0. The number of carbonyl (C=O) groups is 1. The number of methoxy groups -OCH3 is 2. The zero-order valence-corrected chi connectivity index (χ0v) is 19.3. The monoisotopic (exact) mass is 461 g/mol. The van der Waals surface area contributed by atoms with Crippen LogP contribution in [0.5, 0.6) is 11.5 Å². The van der Waals surface area contributed by atoms with Crippen LogP contribution < -0.4 is 25.0 Å². The highest BCUT2D eigenvalue weighted by atomic mass is 16.5. The maximum atomic E-state index is 11.8. The smallest absolute Gasteiger partial charge is 0.220 e. The van der Waals surface area contributed by atoms with E-state index in [-0.39, 0.29) is 11.9 Å². The Labute approximate surface area is 197 Å². The summed E-state index contributed by atoms with van der Waals surface area (Å²) in [5, 5.41) is 13.6. The third kappa shape index (κ3) is 4.90. The fraction of sp³-hybridized carbons (Fsp3) is 0.292. The van der Waals surface area contributed by atoms with Gasteiger partial charge in [-0.3, -0.25) is 9.78 Å². The van der Waals surface area contributed by atoms with Crippen LogP contribution in [0, 0.1) is 5.41 Å². The Morgan fingerprint density at radius 3 is 2.62 bits per heavy atom. The Bertz CT molecular complexity index is 1220. The lowest BCUT2D eigenvalue weighted by Gasteiger charge is -2.27. The van der Waals surface area contributed by atoms with E-state index in [1.54, 1.807) is 39.7 Å². The second-order valence-corrected chi connectivity index (χ2v) is 7.78. The number of nitrogens with zero attached hydrogens (tertiary/aromatic N) is 4. The number of hydrogen-bond donors (Lipinski definition) is 3. The number of nitrogens with one attached hydrogen (secondary N) is 3. The van der Waals surface area contributed by atoms with Crippen LogP contribution in [-0.4, -0.2) is 60.9 Å². The van der Waals surface area contributed by atoms with Gasteiger partial charge in [0.1, 0.15) is 22.8 Å². The first kappa shape index (κ1) is 23.0. The summed E-state index contributed by atoms with van der Waals surface area (Å²) in [6.07, 6.45) is 5.77. The molecule has 1 amide bonds. The average Bonchev–Trinajstić information content (AvgIpc) is 3.29. The van der Waals surface area contributed by atoms with E-state index in [1.807, 2.05) is 29.2 Å². The average molecular weight is 462 g/mol. The standard InChI is InChI=1S/C24H27N7O3/c1-26-12-15(11-25)21-13-27-20-5-6-22(30-24(20)29-21)31(14-16-4-7-23(32)28-16)17-8-18(33-2)10-19(9-17)34-3/h5-6,8-13,16,25-26H,4,7,14H2,1-3H3,(H,28,32)/b15-12+,25-11?. The molecule has 0 aliphatic carbocycles. The number of fused-ring (bicyclic) bond motifs is 1. The van der Waals surface area contributed by atoms with Gasteiger partial charge in [0.25, 0.3) is 0 Å². The van der Waals surface area contributed by atoms with Crippen molar-refractivity contribution in [3.05, 3.63) is 48.4 Å². The molecule has 3 aromatic rings. The summed E-state index contributed by atoms with van der Waals surface area (Å²) in [6, 6.07) is 9.31. The molecule has 3 heterocycles. The quantitative estimate of drug-likeness (QED) is 0.415. The molecule has 4 rings (SSSR count). The molecule has 0 radical (unpaired) electrons. The second kappa shape index (κ2) is 10.2. The van der Waals surface area contributed by atoms with Gasteiger partial charge in [0, 0.05) is 67.9 Å². The molecule has 34 heavy (non-hydrogen) atoms. The van der Waals surface area contributed by atoms with Crippen LogP contribution in [0.15, 0.2) is 42.7 Å². The zero-order chi connectivity index (χ0) is 24.1. The summed E-state index contributed by atoms with van der Waals surface area (Å²) in [5.74, 6) is 1.98. The molecule has 1 saturated heterocycles. The van der Waals surface area contributed by atoms with Crippen molar-refractivity contribution < 1.29 is 14.3 Å². The van der Waals surface area contributed by atoms with E-state index >= 15 is 0 Å². The van der Waals surface area contributed by atoms with Gasteiger partial charge in [-0.15, -0.1) is 0 Å². The van der Waals surface area contributed by atoms with E-state index in [4.69, 9.17) is 19.9 Å². The number of hydrogen-bond acceptors (Lipinski definition) is 9. The van der Waals surface area contributed by atoms with Gasteiger partial charge in [-0.25, -0.2) is 9.97 Å². The SMILES string of the molecule is CN/C=C(\C=N)c1cnc2ccc(N(CC3CCC(=O)N3)c3cc(OC)cc(OC)c3)nc2n1. The van der Waals surface area contributed by atoms with Gasteiger partial charge in [-0.1, -0.05) is 0 Å². The number of carbonyl (C=O) groups excluding carboxylic acids is 1. The maximum Gasteiger partial charge on any atom is 0.220 e. The highest BCUT2D eigenvalue weighted by Crippen LogP contribution is 2.33. The van der Waals surface area contributed by atoms with Gasteiger partial charge >= 0.3 is 0 Å². The number of pyridine rings is 1. The molecule has 1 fully saturated rings. The van der Waals surface area contributed by atoms with Crippen molar-refractivity contribution in [3.8, 4) is 11.5 Å². The van der Waals surface area contributed by atoms with Crippen molar-refractivity contribution in [1.29, 1.82) is 5.41 Å². The van der Waals surface area contributed by atoms with Gasteiger partial charge < -0.3 is 30.4 Å². The van der Waals surface area contributed by atoms with E-state index in [1.165, 1.54) is 6.21 Å². The Morgan fingerprint density at radius 1 is 1.24 bits per heavy atom. The lowest BCUT2D eigenvalue weighted by atomic mass is 10.1. The number of aromatic nitrogens is 3. The highest BCUT2D eigenvalue weighted by Gasteiger charge is 2.25. The fourth-order valence-electron chi connectivity index (χ4n) is 3.84. The van der Waals surface area contributed by atoms with E-state index in [0.29, 0.717) is 52.7 Å². The van der Waals surface area contributed by atoms with E-state index in [2.05, 4.69) is 20.6 Å². The van der Waals surface area contributed by atoms with Crippen molar-refractivity contribution >= 4 is 40.4 Å². The molecule has 1 aromatic carbocycles. The summed E-state index contributed by atoms with van der Waals surface area (Å²) in [4.78, 5) is 27.7. The Balaban J connectivity index is 1.80. The second-order valence-electron chi connectivity index (χ2n) is 7.78. The van der Waals surface area contributed by atoms with Gasteiger partial charge in [0.2, 0.25) is 5.91 Å². The molecular weight excluding hydrogens is 434 g/mol. The maximum absolute atomic E-state index is 11.8. The number of anilines is 2. The first-order valence-corrected chi connectivity index (χ1v) is 10.9. The molecule has 176 valence electrons. The molecule has 1 aliphatic rings. The lowest BCUT2D eigenvalue weighted by molar-refractivity contribution is -0.119. The van der Waals surface area contributed by atoms with E-state index in [0.717, 1.165) is 12.1 Å². The normalized spacial score (nSPS) is 15.7. The zero-order valence-electron chi connectivity index (χ0n) is 19.3. The molecule has 0 saturated carbocycles. The van der Waals surface area contributed by atoms with Crippen molar-refractivity contribution in [2.45, 2.75) is 18.9 Å². The summed E-state index contributed by atoms with van der Waals surface area (Å²) in [5.41, 5.74) is 3.03. The number of rotatable bonds is 9.